The maximum Gasteiger partial charge on any atom is 0.573 e. The second-order valence-electron chi connectivity index (χ2n) is 8.42. The molecule has 10 heteroatoms. The molecule has 184 valence electrons. The standard InChI is InChI=1S/C25H25F3N4O3/c1-33-23-13-19-21(11-16(23)3-2-6-32-7-9-34-10-8-32)30-15-31-24(19)20-14-29-22-12-17(4-5-18(20)22)35-25(26,27)28/h4-5,11-15,29H,2-3,6-10H2,1H3. The van der Waals surface area contributed by atoms with Gasteiger partial charge in [0.15, 0.2) is 0 Å². The van der Waals surface area contributed by atoms with E-state index in [1.165, 1.54) is 18.5 Å². The van der Waals surface area contributed by atoms with Crippen molar-refractivity contribution in [2.45, 2.75) is 19.2 Å². The molecule has 0 radical (unpaired) electrons. The smallest absolute Gasteiger partial charge is 0.496 e. The molecule has 35 heavy (non-hydrogen) atoms. The van der Waals surface area contributed by atoms with Crippen LogP contribution < -0.4 is 9.47 Å². The Balaban J connectivity index is 1.44. The van der Waals surface area contributed by atoms with E-state index in [0.717, 1.165) is 78.9 Å². The van der Waals surface area contributed by atoms with E-state index in [-0.39, 0.29) is 5.75 Å². The quantitative estimate of drug-likeness (QED) is 0.399. The Labute approximate surface area is 199 Å². The number of hydrogen-bond acceptors (Lipinski definition) is 6. The number of nitrogens with zero attached hydrogens (tertiary/aromatic N) is 3. The zero-order chi connectivity index (χ0) is 24.4. The maximum atomic E-state index is 12.6. The largest absolute Gasteiger partial charge is 0.573 e. The first-order chi connectivity index (χ1) is 16.9. The number of ether oxygens (including phenoxy) is 3. The van der Waals surface area contributed by atoms with Crippen LogP contribution in [-0.4, -0.2) is 66.2 Å². The maximum absolute atomic E-state index is 12.6. The Bertz CT molecular complexity index is 1330. The summed E-state index contributed by atoms with van der Waals surface area (Å²) in [6, 6.07) is 8.18. The number of aromatic nitrogens is 3. The number of alkyl halides is 3. The van der Waals surface area contributed by atoms with Crippen molar-refractivity contribution >= 4 is 21.8 Å². The molecule has 0 aliphatic carbocycles. The van der Waals surface area contributed by atoms with Crippen LogP contribution in [0.25, 0.3) is 33.1 Å². The van der Waals surface area contributed by atoms with E-state index in [9.17, 15) is 13.2 Å². The van der Waals surface area contributed by atoms with Gasteiger partial charge in [0.1, 0.15) is 17.8 Å². The molecule has 1 saturated heterocycles. The van der Waals surface area contributed by atoms with Crippen molar-refractivity contribution in [1.29, 1.82) is 0 Å². The summed E-state index contributed by atoms with van der Waals surface area (Å²) in [5, 5.41) is 1.53. The lowest BCUT2D eigenvalue weighted by Crippen LogP contribution is -2.36. The first-order valence-corrected chi connectivity index (χ1v) is 11.4. The van der Waals surface area contributed by atoms with Crippen LogP contribution in [0.5, 0.6) is 11.5 Å². The predicted molar refractivity (Wildman–Crippen MR) is 126 cm³/mol. The number of H-pyrrole nitrogens is 1. The molecule has 0 saturated carbocycles. The van der Waals surface area contributed by atoms with Crippen LogP contribution in [0.4, 0.5) is 13.2 Å². The van der Waals surface area contributed by atoms with E-state index in [4.69, 9.17) is 9.47 Å². The van der Waals surface area contributed by atoms with Crippen LogP contribution in [0, 0.1) is 0 Å². The normalized spacial score (nSPS) is 15.1. The Morgan fingerprint density at radius 2 is 1.91 bits per heavy atom. The molecule has 0 amide bonds. The second kappa shape index (κ2) is 9.71. The monoisotopic (exact) mass is 486 g/mol. The molecule has 1 N–H and O–H groups in total. The third-order valence-corrected chi connectivity index (χ3v) is 6.20. The van der Waals surface area contributed by atoms with Crippen LogP contribution >= 0.6 is 0 Å². The lowest BCUT2D eigenvalue weighted by Gasteiger charge is -2.26. The number of aromatic amines is 1. The summed E-state index contributed by atoms with van der Waals surface area (Å²) < 4.78 is 52.9. The van der Waals surface area contributed by atoms with Crippen molar-refractivity contribution in [3.05, 3.63) is 48.4 Å². The fraction of sp³-hybridized carbons (Fsp3) is 0.360. The number of hydrogen-bond donors (Lipinski definition) is 1. The molecule has 1 aliphatic rings. The molecule has 0 bridgehead atoms. The van der Waals surface area contributed by atoms with E-state index in [2.05, 4.69) is 24.6 Å². The molecule has 7 nitrogen and oxygen atoms in total. The molecule has 5 rings (SSSR count). The van der Waals surface area contributed by atoms with E-state index < -0.39 is 6.36 Å². The number of methoxy groups -OCH3 is 1. The van der Waals surface area contributed by atoms with E-state index in [0.29, 0.717) is 11.2 Å². The number of halogens is 3. The van der Waals surface area contributed by atoms with Gasteiger partial charge in [-0.3, -0.25) is 4.90 Å². The molecule has 2 aromatic heterocycles. The number of aryl methyl sites for hydroxylation is 1. The van der Waals surface area contributed by atoms with Gasteiger partial charge in [-0.2, -0.15) is 0 Å². The van der Waals surface area contributed by atoms with Gasteiger partial charge in [0.2, 0.25) is 0 Å². The fourth-order valence-electron chi connectivity index (χ4n) is 4.54. The Kier molecular flexibility index (Phi) is 6.48. The number of rotatable bonds is 7. The molecule has 0 spiro atoms. The first kappa shape index (κ1) is 23.4. The highest BCUT2D eigenvalue weighted by Gasteiger charge is 2.31. The summed E-state index contributed by atoms with van der Waals surface area (Å²) in [5.74, 6) is 0.477. The number of benzene rings is 2. The third-order valence-electron chi connectivity index (χ3n) is 6.20. The van der Waals surface area contributed by atoms with Gasteiger partial charge in [0, 0.05) is 47.2 Å². The lowest BCUT2D eigenvalue weighted by molar-refractivity contribution is -0.274. The van der Waals surface area contributed by atoms with E-state index in [1.54, 1.807) is 19.4 Å². The van der Waals surface area contributed by atoms with Gasteiger partial charge in [-0.05, 0) is 49.2 Å². The van der Waals surface area contributed by atoms with Gasteiger partial charge < -0.3 is 19.2 Å². The lowest BCUT2D eigenvalue weighted by atomic mass is 10.0. The van der Waals surface area contributed by atoms with Crippen LogP contribution in [0.2, 0.25) is 0 Å². The Hall–Kier alpha value is -3.37. The zero-order valence-electron chi connectivity index (χ0n) is 19.2. The van der Waals surface area contributed by atoms with Crippen molar-refractivity contribution < 1.29 is 27.4 Å². The number of nitrogens with one attached hydrogen (secondary N) is 1. The Morgan fingerprint density at radius 1 is 1.09 bits per heavy atom. The molecule has 2 aromatic carbocycles. The summed E-state index contributed by atoms with van der Waals surface area (Å²) in [5.41, 5.74) is 3.80. The summed E-state index contributed by atoms with van der Waals surface area (Å²) >= 11 is 0. The average Bonchev–Trinajstić information content (AvgIpc) is 3.26. The fourth-order valence-corrected chi connectivity index (χ4v) is 4.54. The highest BCUT2D eigenvalue weighted by atomic mass is 19.4. The minimum Gasteiger partial charge on any atom is -0.496 e. The van der Waals surface area contributed by atoms with Gasteiger partial charge >= 0.3 is 6.36 Å². The first-order valence-electron chi connectivity index (χ1n) is 11.4. The van der Waals surface area contributed by atoms with Gasteiger partial charge in [0.05, 0.1) is 31.5 Å². The van der Waals surface area contributed by atoms with Gasteiger partial charge in [-0.25, -0.2) is 9.97 Å². The van der Waals surface area contributed by atoms with E-state index >= 15 is 0 Å². The van der Waals surface area contributed by atoms with Crippen LogP contribution in [0.15, 0.2) is 42.9 Å². The summed E-state index contributed by atoms with van der Waals surface area (Å²) in [6.45, 7) is 4.47. The Morgan fingerprint density at radius 3 is 2.69 bits per heavy atom. The van der Waals surface area contributed by atoms with Gasteiger partial charge in [-0.15, -0.1) is 13.2 Å². The minimum absolute atomic E-state index is 0.283. The molecule has 4 aromatic rings. The van der Waals surface area contributed by atoms with Crippen molar-refractivity contribution in [3.63, 3.8) is 0 Å². The second-order valence-corrected chi connectivity index (χ2v) is 8.42. The zero-order valence-corrected chi connectivity index (χ0v) is 19.2. The highest BCUT2D eigenvalue weighted by molar-refractivity contribution is 6.03. The van der Waals surface area contributed by atoms with Crippen molar-refractivity contribution in [3.8, 4) is 22.8 Å². The van der Waals surface area contributed by atoms with E-state index in [1.807, 2.05) is 12.1 Å². The van der Waals surface area contributed by atoms with Crippen molar-refractivity contribution in [1.82, 2.24) is 19.9 Å². The van der Waals surface area contributed by atoms with Gasteiger partial charge in [0.25, 0.3) is 0 Å². The molecule has 0 unspecified atom stereocenters. The molecule has 0 atom stereocenters. The minimum atomic E-state index is -4.75. The van der Waals surface area contributed by atoms with Crippen molar-refractivity contribution in [2.75, 3.05) is 40.0 Å². The molecular weight excluding hydrogens is 461 g/mol. The summed E-state index contributed by atoms with van der Waals surface area (Å²) in [4.78, 5) is 14.4. The number of fused-ring (bicyclic) bond motifs is 2. The molecule has 1 aliphatic heterocycles. The van der Waals surface area contributed by atoms with Crippen LogP contribution in [-0.2, 0) is 11.2 Å². The average molecular weight is 486 g/mol. The summed E-state index contributed by atoms with van der Waals surface area (Å²) in [7, 11) is 1.64. The molecular formula is C25H25F3N4O3. The molecule has 3 heterocycles. The summed E-state index contributed by atoms with van der Waals surface area (Å²) in [6.07, 6.45) is 0.325. The SMILES string of the molecule is COc1cc2c(-c3c[nH]c4cc(OC(F)(F)F)ccc34)ncnc2cc1CCCN1CCOCC1. The topological polar surface area (TPSA) is 72.5 Å². The van der Waals surface area contributed by atoms with Crippen molar-refractivity contribution in [2.24, 2.45) is 0 Å². The predicted octanol–water partition coefficient (Wildman–Crippen LogP) is 4.95. The van der Waals surface area contributed by atoms with Crippen LogP contribution in [0.1, 0.15) is 12.0 Å². The third kappa shape index (κ3) is 5.18. The van der Waals surface area contributed by atoms with Gasteiger partial charge in [-0.1, -0.05) is 0 Å². The molecule has 1 fully saturated rings. The highest BCUT2D eigenvalue weighted by Crippen LogP contribution is 2.36. The van der Waals surface area contributed by atoms with Crippen LogP contribution in [0.3, 0.4) is 0 Å². The number of morpholine rings is 1.